The largest absolute Gasteiger partial charge is 0.493 e. The minimum absolute atomic E-state index is 0.0155. The summed E-state index contributed by atoms with van der Waals surface area (Å²) in [4.78, 5) is 24.9. The van der Waals surface area contributed by atoms with Crippen molar-refractivity contribution in [3.8, 4) is 11.5 Å². The van der Waals surface area contributed by atoms with Crippen LogP contribution in [-0.4, -0.2) is 54.6 Å². The molecule has 0 bridgehead atoms. The number of fused-ring (bicyclic) bond motifs is 1. The standard InChI is InChI=1S/C22H28N4O3S/c1-13(2)26(4)22(27)19-14(3)18-20(24-12-25-21(18)30-19)23-10-9-15-7-8-16(28-5)17(11-15)29-6/h7-8,11-13H,9-10H2,1-6H3,(H,23,24,25). The van der Waals surface area contributed by atoms with Crippen molar-refractivity contribution < 1.29 is 14.3 Å². The van der Waals surface area contributed by atoms with Crippen molar-refractivity contribution in [3.05, 3.63) is 40.5 Å². The van der Waals surface area contributed by atoms with E-state index in [4.69, 9.17) is 9.47 Å². The summed E-state index contributed by atoms with van der Waals surface area (Å²) in [7, 11) is 5.08. The number of ether oxygens (including phenoxy) is 2. The Kier molecular flexibility index (Phi) is 6.77. The third kappa shape index (κ3) is 4.33. The van der Waals surface area contributed by atoms with Crippen LogP contribution in [-0.2, 0) is 6.42 Å². The van der Waals surface area contributed by atoms with Crippen LogP contribution in [0.25, 0.3) is 10.2 Å². The number of amides is 1. The van der Waals surface area contributed by atoms with Gasteiger partial charge >= 0.3 is 0 Å². The van der Waals surface area contributed by atoms with Gasteiger partial charge in [-0.05, 0) is 50.5 Å². The number of hydrogen-bond donors (Lipinski definition) is 1. The molecule has 1 aromatic carbocycles. The molecule has 8 heteroatoms. The van der Waals surface area contributed by atoms with Crippen molar-refractivity contribution in [3.63, 3.8) is 0 Å². The van der Waals surface area contributed by atoms with Gasteiger partial charge in [0.05, 0.1) is 24.5 Å². The van der Waals surface area contributed by atoms with E-state index in [-0.39, 0.29) is 11.9 Å². The molecule has 2 heterocycles. The maximum Gasteiger partial charge on any atom is 0.264 e. The molecular weight excluding hydrogens is 400 g/mol. The zero-order valence-electron chi connectivity index (χ0n) is 18.3. The predicted octanol–water partition coefficient (Wildman–Crippen LogP) is 4.15. The zero-order chi connectivity index (χ0) is 21.8. The van der Waals surface area contributed by atoms with Crippen LogP contribution in [0, 0.1) is 6.92 Å². The summed E-state index contributed by atoms with van der Waals surface area (Å²) in [6.07, 6.45) is 2.33. The van der Waals surface area contributed by atoms with Crippen LogP contribution in [0.1, 0.15) is 34.6 Å². The SMILES string of the molecule is COc1ccc(CCNc2ncnc3sc(C(=O)N(C)C(C)C)c(C)c23)cc1OC. The monoisotopic (exact) mass is 428 g/mol. The van der Waals surface area contributed by atoms with Crippen molar-refractivity contribution in [2.24, 2.45) is 0 Å². The van der Waals surface area contributed by atoms with E-state index in [1.807, 2.05) is 46.0 Å². The third-order valence-electron chi connectivity index (χ3n) is 5.17. The molecule has 0 saturated heterocycles. The molecule has 7 nitrogen and oxygen atoms in total. The minimum atomic E-state index is 0.0155. The van der Waals surface area contributed by atoms with Crippen molar-refractivity contribution >= 4 is 33.3 Å². The average molecular weight is 429 g/mol. The van der Waals surface area contributed by atoms with E-state index >= 15 is 0 Å². The highest BCUT2D eigenvalue weighted by Crippen LogP contribution is 2.34. The van der Waals surface area contributed by atoms with Crippen LogP contribution in [0.2, 0.25) is 0 Å². The van der Waals surface area contributed by atoms with Crippen LogP contribution >= 0.6 is 11.3 Å². The molecule has 0 spiro atoms. The number of carbonyl (C=O) groups is 1. The van der Waals surface area contributed by atoms with Gasteiger partial charge in [0, 0.05) is 19.6 Å². The second-order valence-electron chi connectivity index (χ2n) is 7.33. The normalized spacial score (nSPS) is 11.0. The van der Waals surface area contributed by atoms with E-state index in [1.165, 1.54) is 17.7 Å². The molecule has 1 N–H and O–H groups in total. The lowest BCUT2D eigenvalue weighted by Gasteiger charge is -2.20. The molecule has 1 amide bonds. The Morgan fingerprint density at radius 2 is 1.93 bits per heavy atom. The predicted molar refractivity (Wildman–Crippen MR) is 121 cm³/mol. The number of aryl methyl sites for hydroxylation is 1. The molecule has 0 aliphatic rings. The van der Waals surface area contributed by atoms with Crippen molar-refractivity contribution in [1.82, 2.24) is 14.9 Å². The van der Waals surface area contributed by atoms with E-state index in [1.54, 1.807) is 19.1 Å². The van der Waals surface area contributed by atoms with Crippen molar-refractivity contribution in [2.45, 2.75) is 33.2 Å². The number of aromatic nitrogens is 2. The molecule has 0 unspecified atom stereocenters. The van der Waals surface area contributed by atoms with Crippen molar-refractivity contribution in [1.29, 1.82) is 0 Å². The number of rotatable bonds is 8. The topological polar surface area (TPSA) is 76.6 Å². The summed E-state index contributed by atoms with van der Waals surface area (Å²) in [6, 6.07) is 6.04. The first kappa shape index (κ1) is 21.8. The van der Waals surface area contributed by atoms with Gasteiger partial charge in [-0.1, -0.05) is 6.07 Å². The first-order chi connectivity index (χ1) is 14.4. The Hall–Kier alpha value is -2.87. The number of benzene rings is 1. The first-order valence-electron chi connectivity index (χ1n) is 9.83. The highest BCUT2D eigenvalue weighted by molar-refractivity contribution is 7.20. The molecule has 0 aliphatic carbocycles. The minimum Gasteiger partial charge on any atom is -0.493 e. The van der Waals surface area contributed by atoms with E-state index < -0.39 is 0 Å². The maximum atomic E-state index is 12.8. The van der Waals surface area contributed by atoms with Crippen LogP contribution in [0.5, 0.6) is 11.5 Å². The Balaban J connectivity index is 1.79. The van der Waals surface area contributed by atoms with Crippen molar-refractivity contribution in [2.75, 3.05) is 33.1 Å². The smallest absolute Gasteiger partial charge is 0.264 e. The van der Waals surface area contributed by atoms with Crippen LogP contribution in [0.3, 0.4) is 0 Å². The van der Waals surface area contributed by atoms with Gasteiger partial charge < -0.3 is 19.7 Å². The maximum absolute atomic E-state index is 12.8. The molecule has 2 aromatic heterocycles. The lowest BCUT2D eigenvalue weighted by molar-refractivity contribution is 0.0759. The summed E-state index contributed by atoms with van der Waals surface area (Å²) in [5.41, 5.74) is 2.05. The summed E-state index contributed by atoms with van der Waals surface area (Å²) in [5, 5.41) is 4.32. The average Bonchev–Trinajstić information content (AvgIpc) is 3.09. The second-order valence-corrected chi connectivity index (χ2v) is 8.33. The quantitative estimate of drug-likeness (QED) is 0.581. The fourth-order valence-electron chi connectivity index (χ4n) is 3.17. The van der Waals surface area contributed by atoms with Gasteiger partial charge in [-0.15, -0.1) is 11.3 Å². The zero-order valence-corrected chi connectivity index (χ0v) is 19.1. The van der Waals surface area contributed by atoms with Gasteiger partial charge in [0.15, 0.2) is 11.5 Å². The van der Waals surface area contributed by atoms with Gasteiger partial charge in [-0.2, -0.15) is 0 Å². The Labute approximate surface area is 181 Å². The Morgan fingerprint density at radius 1 is 1.20 bits per heavy atom. The van der Waals surface area contributed by atoms with E-state index in [0.717, 1.165) is 33.6 Å². The number of anilines is 1. The van der Waals surface area contributed by atoms with Gasteiger partial charge in [0.2, 0.25) is 0 Å². The molecule has 160 valence electrons. The van der Waals surface area contributed by atoms with Gasteiger partial charge in [0.25, 0.3) is 5.91 Å². The number of thiophene rings is 1. The van der Waals surface area contributed by atoms with Crippen LogP contribution < -0.4 is 14.8 Å². The van der Waals surface area contributed by atoms with Gasteiger partial charge in [-0.25, -0.2) is 9.97 Å². The second kappa shape index (κ2) is 9.30. The summed E-state index contributed by atoms with van der Waals surface area (Å²) in [6.45, 7) is 6.65. The summed E-state index contributed by atoms with van der Waals surface area (Å²) < 4.78 is 10.7. The number of methoxy groups -OCH3 is 2. The third-order valence-corrected chi connectivity index (χ3v) is 6.36. The first-order valence-corrected chi connectivity index (χ1v) is 10.6. The number of hydrogen-bond acceptors (Lipinski definition) is 7. The number of carbonyl (C=O) groups excluding carboxylic acids is 1. The number of nitrogens with zero attached hydrogens (tertiary/aromatic N) is 3. The fourth-order valence-corrected chi connectivity index (χ4v) is 4.30. The molecule has 0 atom stereocenters. The summed E-state index contributed by atoms with van der Waals surface area (Å²) >= 11 is 1.42. The van der Waals surface area contributed by atoms with E-state index in [9.17, 15) is 4.79 Å². The van der Waals surface area contributed by atoms with Gasteiger partial charge in [-0.3, -0.25) is 4.79 Å². The molecule has 0 aliphatic heterocycles. The van der Waals surface area contributed by atoms with E-state index in [0.29, 0.717) is 22.9 Å². The fraction of sp³-hybridized carbons (Fsp3) is 0.409. The molecular formula is C22H28N4O3S. The van der Waals surface area contributed by atoms with Crippen LogP contribution in [0.4, 0.5) is 5.82 Å². The molecule has 3 aromatic rings. The van der Waals surface area contributed by atoms with Crippen LogP contribution in [0.15, 0.2) is 24.5 Å². The highest BCUT2D eigenvalue weighted by Gasteiger charge is 2.23. The van der Waals surface area contributed by atoms with Gasteiger partial charge in [0.1, 0.15) is 17.0 Å². The molecule has 30 heavy (non-hydrogen) atoms. The molecule has 0 saturated carbocycles. The lowest BCUT2D eigenvalue weighted by Crippen LogP contribution is -2.32. The molecule has 0 radical (unpaired) electrons. The highest BCUT2D eigenvalue weighted by atomic mass is 32.1. The molecule has 3 rings (SSSR count). The van der Waals surface area contributed by atoms with E-state index in [2.05, 4.69) is 15.3 Å². The molecule has 0 fully saturated rings. The summed E-state index contributed by atoms with van der Waals surface area (Å²) in [5.74, 6) is 2.19. The lowest BCUT2D eigenvalue weighted by atomic mass is 10.1. The number of nitrogens with one attached hydrogen (secondary N) is 1. The Bertz CT molecular complexity index is 1050. The Morgan fingerprint density at radius 3 is 2.60 bits per heavy atom.